The Morgan fingerprint density at radius 3 is 2.69 bits per heavy atom. The van der Waals surface area contributed by atoms with E-state index < -0.39 is 18.5 Å². The lowest BCUT2D eigenvalue weighted by Gasteiger charge is -2.09. The van der Waals surface area contributed by atoms with Gasteiger partial charge in [-0.05, 0) is 48.9 Å². The molecular weight excluding hydrogens is 396 g/mol. The number of amides is 1. The number of nitrogens with one attached hydrogen (secondary N) is 1. The number of halogens is 1. The predicted molar refractivity (Wildman–Crippen MR) is 109 cm³/mol. The summed E-state index contributed by atoms with van der Waals surface area (Å²) in [5, 5.41) is 11.9. The molecular formula is C21H19ClN2O5. The van der Waals surface area contributed by atoms with E-state index in [0.717, 1.165) is 0 Å². The van der Waals surface area contributed by atoms with E-state index in [1.807, 2.05) is 13.0 Å². The first-order chi connectivity index (χ1) is 14.0. The van der Waals surface area contributed by atoms with Gasteiger partial charge in [-0.2, -0.15) is 5.26 Å². The molecule has 2 rings (SSSR count). The van der Waals surface area contributed by atoms with E-state index in [4.69, 9.17) is 31.1 Å². The molecule has 8 heteroatoms. The Bertz CT molecular complexity index is 966. The van der Waals surface area contributed by atoms with Crippen LogP contribution in [0.2, 0.25) is 5.02 Å². The molecule has 150 valence electrons. The number of ether oxygens (including phenoxy) is 3. The minimum atomic E-state index is -0.695. The van der Waals surface area contributed by atoms with Gasteiger partial charge >= 0.3 is 5.97 Å². The summed E-state index contributed by atoms with van der Waals surface area (Å²) < 4.78 is 15.6. The molecule has 0 unspecified atom stereocenters. The van der Waals surface area contributed by atoms with Gasteiger partial charge in [-0.25, -0.2) is 4.79 Å². The maximum absolute atomic E-state index is 12.0. The van der Waals surface area contributed by atoms with Gasteiger partial charge in [0, 0.05) is 11.1 Å². The highest BCUT2D eigenvalue weighted by molar-refractivity contribution is 6.31. The van der Waals surface area contributed by atoms with Crippen LogP contribution < -0.4 is 14.8 Å². The van der Waals surface area contributed by atoms with Gasteiger partial charge in [0.05, 0.1) is 25.0 Å². The molecule has 0 aliphatic rings. The second-order valence-electron chi connectivity index (χ2n) is 5.63. The van der Waals surface area contributed by atoms with Crippen LogP contribution in [0.3, 0.4) is 0 Å². The molecule has 0 bridgehead atoms. The molecule has 0 spiro atoms. The van der Waals surface area contributed by atoms with Crippen molar-refractivity contribution in [2.24, 2.45) is 0 Å². The minimum Gasteiger partial charge on any atom is -0.493 e. The Kier molecular flexibility index (Phi) is 8.07. The van der Waals surface area contributed by atoms with Crippen molar-refractivity contribution in [2.75, 3.05) is 25.6 Å². The Hall–Kier alpha value is -3.50. The summed E-state index contributed by atoms with van der Waals surface area (Å²) in [4.78, 5) is 23.8. The molecule has 2 aromatic carbocycles. The molecule has 0 saturated heterocycles. The first-order valence-corrected chi connectivity index (χ1v) is 8.99. The maximum Gasteiger partial charge on any atom is 0.331 e. The van der Waals surface area contributed by atoms with Crippen molar-refractivity contribution in [3.8, 4) is 17.6 Å². The molecule has 0 fully saturated rings. The van der Waals surface area contributed by atoms with E-state index in [9.17, 15) is 9.59 Å². The summed E-state index contributed by atoms with van der Waals surface area (Å²) in [5.74, 6) is -0.145. The van der Waals surface area contributed by atoms with E-state index in [0.29, 0.717) is 28.7 Å². The van der Waals surface area contributed by atoms with Crippen LogP contribution >= 0.6 is 11.6 Å². The Morgan fingerprint density at radius 1 is 1.21 bits per heavy atom. The van der Waals surface area contributed by atoms with Crippen LogP contribution in [-0.4, -0.2) is 32.2 Å². The molecule has 0 aliphatic carbocycles. The first-order valence-electron chi connectivity index (χ1n) is 8.62. The Labute approximate surface area is 173 Å². The van der Waals surface area contributed by atoms with Crippen LogP contribution in [0.5, 0.6) is 11.5 Å². The number of nitriles is 1. The van der Waals surface area contributed by atoms with Crippen molar-refractivity contribution >= 4 is 35.2 Å². The van der Waals surface area contributed by atoms with Crippen LogP contribution in [0.25, 0.3) is 6.08 Å². The van der Waals surface area contributed by atoms with Gasteiger partial charge in [-0.3, -0.25) is 4.79 Å². The van der Waals surface area contributed by atoms with E-state index in [1.165, 1.54) is 37.5 Å². The molecule has 1 N–H and O–H groups in total. The fourth-order valence-electron chi connectivity index (χ4n) is 2.32. The molecule has 29 heavy (non-hydrogen) atoms. The molecule has 2 aromatic rings. The average Bonchev–Trinajstić information content (AvgIpc) is 2.71. The highest BCUT2D eigenvalue weighted by Gasteiger charge is 2.10. The number of carbonyl (C=O) groups excluding carboxylic acids is 2. The molecule has 0 aliphatic heterocycles. The lowest BCUT2D eigenvalue weighted by Crippen LogP contribution is -2.20. The van der Waals surface area contributed by atoms with Crippen molar-refractivity contribution in [1.29, 1.82) is 5.26 Å². The molecule has 0 saturated carbocycles. The number of hydrogen-bond acceptors (Lipinski definition) is 6. The summed E-state index contributed by atoms with van der Waals surface area (Å²) >= 11 is 5.86. The number of carbonyl (C=O) groups is 2. The number of methoxy groups -OCH3 is 1. The summed E-state index contributed by atoms with van der Waals surface area (Å²) in [6.07, 6.45) is 2.73. The summed E-state index contributed by atoms with van der Waals surface area (Å²) in [5.41, 5.74) is 1.20. The second kappa shape index (κ2) is 10.7. The van der Waals surface area contributed by atoms with E-state index in [1.54, 1.807) is 18.2 Å². The van der Waals surface area contributed by atoms with Gasteiger partial charge in [0.25, 0.3) is 5.91 Å². The molecule has 0 radical (unpaired) electrons. The van der Waals surface area contributed by atoms with Crippen LogP contribution in [0.1, 0.15) is 18.1 Å². The van der Waals surface area contributed by atoms with Crippen molar-refractivity contribution in [1.82, 2.24) is 0 Å². The highest BCUT2D eigenvalue weighted by Crippen LogP contribution is 2.28. The fourth-order valence-corrected chi connectivity index (χ4v) is 2.49. The van der Waals surface area contributed by atoms with Gasteiger partial charge in [0.1, 0.15) is 6.07 Å². The average molecular weight is 415 g/mol. The second-order valence-corrected chi connectivity index (χ2v) is 6.07. The standard InChI is InChI=1S/C21H19ClN2O5/c1-3-28-18-8-4-14(10-19(18)27-2)5-9-21(26)29-13-20(25)24-17-11-16(22)7-6-15(17)12-23/h4-11H,3,13H2,1-2H3,(H,24,25)/b9-5+. The van der Waals surface area contributed by atoms with Crippen molar-refractivity contribution in [3.63, 3.8) is 0 Å². The number of hydrogen-bond donors (Lipinski definition) is 1. The number of esters is 1. The molecule has 0 atom stereocenters. The van der Waals surface area contributed by atoms with Crippen LogP contribution in [0.15, 0.2) is 42.5 Å². The summed E-state index contributed by atoms with van der Waals surface area (Å²) in [6.45, 7) is 1.87. The highest BCUT2D eigenvalue weighted by atomic mass is 35.5. The van der Waals surface area contributed by atoms with Gasteiger partial charge < -0.3 is 19.5 Å². The van der Waals surface area contributed by atoms with Crippen LogP contribution in [-0.2, 0) is 14.3 Å². The third-order valence-corrected chi connectivity index (χ3v) is 3.86. The van der Waals surface area contributed by atoms with E-state index in [-0.39, 0.29) is 11.3 Å². The lowest BCUT2D eigenvalue weighted by molar-refractivity contribution is -0.142. The Balaban J connectivity index is 1.92. The van der Waals surface area contributed by atoms with E-state index >= 15 is 0 Å². The van der Waals surface area contributed by atoms with Gasteiger partial charge in [0.2, 0.25) is 0 Å². The number of rotatable bonds is 8. The predicted octanol–water partition coefficient (Wildman–Crippen LogP) is 3.81. The van der Waals surface area contributed by atoms with Crippen molar-refractivity contribution in [2.45, 2.75) is 6.92 Å². The normalized spacial score (nSPS) is 10.3. The molecule has 1 amide bonds. The zero-order valence-electron chi connectivity index (χ0n) is 15.9. The van der Waals surface area contributed by atoms with Gasteiger partial charge in [0.15, 0.2) is 18.1 Å². The molecule has 0 aromatic heterocycles. The molecule has 7 nitrogen and oxygen atoms in total. The third kappa shape index (κ3) is 6.55. The molecule has 0 heterocycles. The Morgan fingerprint density at radius 2 is 2.00 bits per heavy atom. The lowest BCUT2D eigenvalue weighted by atomic mass is 10.2. The number of anilines is 1. The fraction of sp³-hybridized carbons (Fsp3) is 0.190. The number of benzene rings is 2. The zero-order valence-corrected chi connectivity index (χ0v) is 16.7. The first kappa shape index (κ1) is 21.8. The third-order valence-electron chi connectivity index (χ3n) is 3.62. The minimum absolute atomic E-state index is 0.248. The topological polar surface area (TPSA) is 97.6 Å². The van der Waals surface area contributed by atoms with Crippen LogP contribution in [0, 0.1) is 11.3 Å². The summed E-state index contributed by atoms with van der Waals surface area (Å²) in [7, 11) is 1.52. The van der Waals surface area contributed by atoms with Crippen molar-refractivity contribution < 1.29 is 23.8 Å². The monoisotopic (exact) mass is 414 g/mol. The zero-order chi connectivity index (χ0) is 21.2. The summed E-state index contributed by atoms with van der Waals surface area (Å²) in [6, 6.07) is 11.6. The van der Waals surface area contributed by atoms with E-state index in [2.05, 4.69) is 5.32 Å². The number of nitrogens with zero attached hydrogens (tertiary/aromatic N) is 1. The van der Waals surface area contributed by atoms with Crippen molar-refractivity contribution in [3.05, 3.63) is 58.6 Å². The quantitative estimate of drug-likeness (QED) is 0.521. The largest absolute Gasteiger partial charge is 0.493 e. The maximum atomic E-state index is 12.0. The SMILES string of the molecule is CCOc1ccc(/C=C/C(=O)OCC(=O)Nc2cc(Cl)ccc2C#N)cc1OC. The van der Waals surface area contributed by atoms with Gasteiger partial charge in [-0.1, -0.05) is 17.7 Å². The smallest absolute Gasteiger partial charge is 0.331 e. The van der Waals surface area contributed by atoms with Crippen LogP contribution in [0.4, 0.5) is 5.69 Å². The van der Waals surface area contributed by atoms with Gasteiger partial charge in [-0.15, -0.1) is 0 Å².